The summed E-state index contributed by atoms with van der Waals surface area (Å²) < 4.78 is 26.1. The van der Waals surface area contributed by atoms with Crippen LogP contribution >= 0.6 is 0 Å². The lowest BCUT2D eigenvalue weighted by Gasteiger charge is -2.23. The van der Waals surface area contributed by atoms with Crippen LogP contribution in [0.25, 0.3) is 0 Å². The molecule has 0 spiro atoms. The van der Waals surface area contributed by atoms with Gasteiger partial charge < -0.3 is 5.32 Å². The second kappa shape index (κ2) is 5.38. The molecule has 1 atom stereocenters. The molecule has 1 heterocycles. The van der Waals surface area contributed by atoms with Crippen LogP contribution in [-0.4, -0.2) is 38.9 Å². The Morgan fingerprint density at radius 2 is 2.22 bits per heavy atom. The number of sulfonamides is 1. The molecule has 1 N–H and O–H groups in total. The SMILES string of the molecule is Cc1cccc(CS(=O)(=O)N(C)C2CCNC2)c1. The third-order valence-corrected chi connectivity index (χ3v) is 5.29. The summed E-state index contributed by atoms with van der Waals surface area (Å²) in [5, 5.41) is 3.19. The fourth-order valence-corrected chi connectivity index (χ4v) is 3.73. The van der Waals surface area contributed by atoms with E-state index in [1.165, 1.54) is 4.31 Å². The van der Waals surface area contributed by atoms with Crippen molar-refractivity contribution in [1.29, 1.82) is 0 Å². The fraction of sp³-hybridized carbons (Fsp3) is 0.538. The Hall–Kier alpha value is -0.910. The molecule has 0 aromatic heterocycles. The van der Waals surface area contributed by atoms with Gasteiger partial charge in [-0.1, -0.05) is 29.8 Å². The van der Waals surface area contributed by atoms with E-state index in [-0.39, 0.29) is 11.8 Å². The zero-order valence-electron chi connectivity index (χ0n) is 10.9. The number of likely N-dealkylation sites (N-methyl/N-ethyl adjacent to an activating group) is 1. The Bertz CT molecular complexity index is 507. The molecule has 1 fully saturated rings. The van der Waals surface area contributed by atoms with Crippen molar-refractivity contribution in [3.8, 4) is 0 Å². The molecule has 0 bridgehead atoms. The van der Waals surface area contributed by atoms with Crippen molar-refractivity contribution in [2.75, 3.05) is 20.1 Å². The van der Waals surface area contributed by atoms with Gasteiger partial charge in [0.15, 0.2) is 0 Å². The molecule has 100 valence electrons. The maximum absolute atomic E-state index is 12.3. The van der Waals surface area contributed by atoms with Gasteiger partial charge in [-0.3, -0.25) is 0 Å². The minimum absolute atomic E-state index is 0.0850. The molecule has 1 aromatic carbocycles. The normalized spacial score (nSPS) is 20.5. The first-order chi connectivity index (χ1) is 8.49. The van der Waals surface area contributed by atoms with E-state index in [1.807, 2.05) is 31.2 Å². The highest BCUT2D eigenvalue weighted by Crippen LogP contribution is 2.16. The van der Waals surface area contributed by atoms with Crippen LogP contribution in [0.15, 0.2) is 24.3 Å². The van der Waals surface area contributed by atoms with Crippen molar-refractivity contribution in [2.45, 2.75) is 25.1 Å². The van der Waals surface area contributed by atoms with Crippen LogP contribution in [0.2, 0.25) is 0 Å². The number of nitrogens with zero attached hydrogens (tertiary/aromatic N) is 1. The molecule has 0 amide bonds. The monoisotopic (exact) mass is 268 g/mol. The van der Waals surface area contributed by atoms with Crippen LogP contribution in [-0.2, 0) is 15.8 Å². The first-order valence-corrected chi connectivity index (χ1v) is 7.82. The number of hydrogen-bond donors (Lipinski definition) is 1. The topological polar surface area (TPSA) is 49.4 Å². The van der Waals surface area contributed by atoms with E-state index >= 15 is 0 Å². The molecule has 4 nitrogen and oxygen atoms in total. The van der Waals surface area contributed by atoms with Gasteiger partial charge in [0.05, 0.1) is 5.75 Å². The predicted molar refractivity (Wildman–Crippen MR) is 72.8 cm³/mol. The highest BCUT2D eigenvalue weighted by atomic mass is 32.2. The summed E-state index contributed by atoms with van der Waals surface area (Å²) in [7, 11) is -1.54. The van der Waals surface area contributed by atoms with Crippen molar-refractivity contribution in [3.63, 3.8) is 0 Å². The van der Waals surface area contributed by atoms with Crippen LogP contribution in [0.3, 0.4) is 0 Å². The van der Waals surface area contributed by atoms with E-state index in [1.54, 1.807) is 7.05 Å². The van der Waals surface area contributed by atoms with Crippen LogP contribution < -0.4 is 5.32 Å². The molecule has 0 aliphatic carbocycles. The summed E-state index contributed by atoms with van der Waals surface area (Å²) in [4.78, 5) is 0. The summed E-state index contributed by atoms with van der Waals surface area (Å²) in [5.74, 6) is 0.0850. The second-order valence-corrected chi connectivity index (χ2v) is 6.94. The van der Waals surface area contributed by atoms with E-state index in [0.29, 0.717) is 0 Å². The van der Waals surface area contributed by atoms with Crippen LogP contribution in [0.4, 0.5) is 0 Å². The highest BCUT2D eigenvalue weighted by Gasteiger charge is 2.28. The summed E-state index contributed by atoms with van der Waals surface area (Å²) in [5.41, 5.74) is 1.95. The number of rotatable bonds is 4. The summed E-state index contributed by atoms with van der Waals surface area (Å²) in [6, 6.07) is 7.77. The Labute approximate surface area is 109 Å². The highest BCUT2D eigenvalue weighted by molar-refractivity contribution is 7.88. The van der Waals surface area contributed by atoms with Gasteiger partial charge in [0.25, 0.3) is 0 Å². The molecule has 5 heteroatoms. The minimum Gasteiger partial charge on any atom is -0.315 e. The molecule has 0 saturated carbocycles. The smallest absolute Gasteiger partial charge is 0.218 e. The van der Waals surface area contributed by atoms with Gasteiger partial charge in [0.1, 0.15) is 0 Å². The van der Waals surface area contributed by atoms with Gasteiger partial charge >= 0.3 is 0 Å². The van der Waals surface area contributed by atoms with Gasteiger partial charge in [0, 0.05) is 19.6 Å². The third-order valence-electron chi connectivity index (χ3n) is 3.42. The average molecular weight is 268 g/mol. The lowest BCUT2D eigenvalue weighted by molar-refractivity contribution is 0.387. The number of nitrogens with one attached hydrogen (secondary N) is 1. The van der Waals surface area contributed by atoms with Crippen molar-refractivity contribution in [3.05, 3.63) is 35.4 Å². The first-order valence-electron chi connectivity index (χ1n) is 6.21. The lowest BCUT2D eigenvalue weighted by atomic mass is 10.2. The standard InChI is InChI=1S/C13H20N2O2S/c1-11-4-3-5-12(8-11)10-18(16,17)15(2)13-6-7-14-9-13/h3-5,8,13-14H,6-7,9-10H2,1-2H3. The van der Waals surface area contributed by atoms with Crippen LogP contribution in [0.5, 0.6) is 0 Å². The molecule has 0 radical (unpaired) electrons. The van der Waals surface area contributed by atoms with Gasteiger partial charge in [0.2, 0.25) is 10.0 Å². The molecular formula is C13H20N2O2S. The Morgan fingerprint density at radius 3 is 2.83 bits per heavy atom. The van der Waals surface area contributed by atoms with Gasteiger partial charge in [-0.15, -0.1) is 0 Å². The zero-order chi connectivity index (χ0) is 13.2. The summed E-state index contributed by atoms with van der Waals surface area (Å²) in [6.07, 6.45) is 0.892. The van der Waals surface area contributed by atoms with Crippen LogP contribution in [0.1, 0.15) is 17.5 Å². The van der Waals surface area contributed by atoms with Crippen molar-refractivity contribution in [1.82, 2.24) is 9.62 Å². The van der Waals surface area contributed by atoms with Gasteiger partial charge in [-0.05, 0) is 25.5 Å². The van der Waals surface area contributed by atoms with Crippen molar-refractivity contribution in [2.24, 2.45) is 0 Å². The second-order valence-electron chi connectivity index (χ2n) is 4.91. The molecule has 1 aromatic rings. The summed E-state index contributed by atoms with van der Waals surface area (Å²) in [6.45, 7) is 3.62. The number of aryl methyl sites for hydroxylation is 1. The third kappa shape index (κ3) is 3.10. The van der Waals surface area contributed by atoms with E-state index in [2.05, 4.69) is 5.32 Å². The molecule has 1 aliphatic heterocycles. The van der Waals surface area contributed by atoms with Crippen LogP contribution in [0, 0.1) is 6.92 Å². The van der Waals surface area contributed by atoms with E-state index < -0.39 is 10.0 Å². The molecule has 1 saturated heterocycles. The predicted octanol–water partition coefficient (Wildman–Crippen LogP) is 1.12. The maximum Gasteiger partial charge on any atom is 0.218 e. The Morgan fingerprint density at radius 1 is 1.44 bits per heavy atom. The van der Waals surface area contributed by atoms with Crippen molar-refractivity contribution >= 4 is 10.0 Å². The van der Waals surface area contributed by atoms with E-state index in [0.717, 1.165) is 30.6 Å². The maximum atomic E-state index is 12.3. The largest absolute Gasteiger partial charge is 0.315 e. The number of benzene rings is 1. The summed E-state index contributed by atoms with van der Waals surface area (Å²) >= 11 is 0. The fourth-order valence-electron chi connectivity index (χ4n) is 2.29. The minimum atomic E-state index is -3.22. The lowest BCUT2D eigenvalue weighted by Crippen LogP contribution is -2.39. The Balaban J connectivity index is 2.11. The molecule has 1 unspecified atom stereocenters. The first kappa shape index (κ1) is 13.5. The van der Waals surface area contributed by atoms with Gasteiger partial charge in [-0.25, -0.2) is 12.7 Å². The average Bonchev–Trinajstić information content (AvgIpc) is 2.80. The van der Waals surface area contributed by atoms with Crippen molar-refractivity contribution < 1.29 is 8.42 Å². The Kier molecular flexibility index (Phi) is 4.04. The number of hydrogen-bond acceptors (Lipinski definition) is 3. The van der Waals surface area contributed by atoms with E-state index in [4.69, 9.17) is 0 Å². The quantitative estimate of drug-likeness (QED) is 0.890. The zero-order valence-corrected chi connectivity index (χ0v) is 11.7. The molecular weight excluding hydrogens is 248 g/mol. The molecule has 18 heavy (non-hydrogen) atoms. The molecule has 1 aliphatic rings. The van der Waals surface area contributed by atoms with Gasteiger partial charge in [-0.2, -0.15) is 0 Å². The van der Waals surface area contributed by atoms with E-state index in [9.17, 15) is 8.42 Å². The molecule has 2 rings (SSSR count).